The molecule has 1 amide bonds. The van der Waals surface area contributed by atoms with Gasteiger partial charge in [0.2, 0.25) is 5.89 Å². The van der Waals surface area contributed by atoms with E-state index in [0.29, 0.717) is 45.2 Å². The monoisotopic (exact) mass is 464 g/mol. The van der Waals surface area contributed by atoms with Crippen molar-refractivity contribution in [3.8, 4) is 23.0 Å². The van der Waals surface area contributed by atoms with Crippen molar-refractivity contribution in [2.24, 2.45) is 0 Å². The van der Waals surface area contributed by atoms with Crippen molar-refractivity contribution >= 4 is 34.3 Å². The number of carbonyl (C=O) groups is 1. The van der Waals surface area contributed by atoms with Crippen LogP contribution in [0.25, 0.3) is 22.6 Å². The van der Waals surface area contributed by atoms with Gasteiger partial charge in [-0.15, -0.1) is 0 Å². The summed E-state index contributed by atoms with van der Waals surface area (Å²) in [6.45, 7) is 4.19. The summed E-state index contributed by atoms with van der Waals surface area (Å²) < 4.78 is 16.6. The molecule has 0 saturated carbocycles. The number of rotatable bonds is 8. The van der Waals surface area contributed by atoms with E-state index in [0.717, 1.165) is 11.9 Å². The quantitative estimate of drug-likeness (QED) is 0.314. The molecular formula is C26H25ClN2O4. The number of ether oxygens (including phenoxy) is 2. The Morgan fingerprint density at radius 1 is 1.09 bits per heavy atom. The number of nitrogens with zero attached hydrogens (tertiary/aromatic N) is 1. The van der Waals surface area contributed by atoms with Crippen LogP contribution >= 0.6 is 11.6 Å². The topological polar surface area (TPSA) is 73.6 Å². The Morgan fingerprint density at radius 2 is 1.85 bits per heavy atom. The van der Waals surface area contributed by atoms with E-state index in [-0.39, 0.29) is 12.5 Å². The molecule has 1 N–H and O–H groups in total. The number of amides is 1. The highest BCUT2D eigenvalue weighted by atomic mass is 35.5. The largest absolute Gasteiger partial charge is 0.497 e. The van der Waals surface area contributed by atoms with Crippen LogP contribution in [0, 0.1) is 0 Å². The molecule has 6 nitrogen and oxygen atoms in total. The van der Waals surface area contributed by atoms with Gasteiger partial charge in [0.1, 0.15) is 17.0 Å². The van der Waals surface area contributed by atoms with E-state index in [1.807, 2.05) is 12.1 Å². The SMILES string of the molecule is CC[C@H](C)c1ccc2oc(-c3ccc(Cl)c(NC(=O)COc4ccc(OC)cc4)c3)nc2c1. The molecule has 0 aliphatic carbocycles. The van der Waals surface area contributed by atoms with Crippen LogP contribution < -0.4 is 14.8 Å². The summed E-state index contributed by atoms with van der Waals surface area (Å²) in [4.78, 5) is 17.1. The molecule has 4 aromatic rings. The minimum absolute atomic E-state index is 0.159. The number of hydrogen-bond donors (Lipinski definition) is 1. The first-order valence-corrected chi connectivity index (χ1v) is 11.1. The predicted octanol–water partition coefficient (Wildman–Crippen LogP) is 6.69. The van der Waals surface area contributed by atoms with Crippen molar-refractivity contribution in [2.75, 3.05) is 19.0 Å². The molecule has 33 heavy (non-hydrogen) atoms. The van der Waals surface area contributed by atoms with Gasteiger partial charge in [0.15, 0.2) is 12.2 Å². The summed E-state index contributed by atoms with van der Waals surface area (Å²) in [5, 5.41) is 3.20. The number of benzene rings is 3. The maximum atomic E-state index is 12.4. The number of oxazole rings is 1. The van der Waals surface area contributed by atoms with E-state index in [9.17, 15) is 4.79 Å². The molecule has 0 spiro atoms. The van der Waals surface area contributed by atoms with Crippen LogP contribution in [0.1, 0.15) is 31.7 Å². The number of nitrogens with one attached hydrogen (secondary N) is 1. The zero-order valence-corrected chi connectivity index (χ0v) is 19.5. The zero-order chi connectivity index (χ0) is 23.4. The molecule has 0 saturated heterocycles. The van der Waals surface area contributed by atoms with Crippen molar-refractivity contribution in [2.45, 2.75) is 26.2 Å². The molecule has 1 aromatic heterocycles. The molecule has 0 aliphatic heterocycles. The lowest BCUT2D eigenvalue weighted by Gasteiger charge is -2.10. The number of hydrogen-bond acceptors (Lipinski definition) is 5. The average molecular weight is 465 g/mol. The maximum Gasteiger partial charge on any atom is 0.262 e. The third-order valence-electron chi connectivity index (χ3n) is 5.51. The molecular weight excluding hydrogens is 440 g/mol. The number of fused-ring (bicyclic) bond motifs is 1. The molecule has 7 heteroatoms. The third-order valence-corrected chi connectivity index (χ3v) is 5.84. The van der Waals surface area contributed by atoms with Crippen molar-refractivity contribution < 1.29 is 18.7 Å². The van der Waals surface area contributed by atoms with E-state index >= 15 is 0 Å². The van der Waals surface area contributed by atoms with E-state index in [1.165, 1.54) is 5.56 Å². The minimum atomic E-state index is -0.333. The molecule has 0 aliphatic rings. The third kappa shape index (κ3) is 5.29. The van der Waals surface area contributed by atoms with Crippen LogP contribution in [0.3, 0.4) is 0 Å². The second-order valence-corrected chi connectivity index (χ2v) is 8.17. The van der Waals surface area contributed by atoms with Gasteiger partial charge in [-0.05, 0) is 72.5 Å². The average Bonchev–Trinajstić information content (AvgIpc) is 3.27. The van der Waals surface area contributed by atoms with Gasteiger partial charge in [0.05, 0.1) is 17.8 Å². The highest BCUT2D eigenvalue weighted by molar-refractivity contribution is 6.33. The molecule has 0 fully saturated rings. The lowest BCUT2D eigenvalue weighted by atomic mass is 9.98. The fraction of sp³-hybridized carbons (Fsp3) is 0.231. The smallest absolute Gasteiger partial charge is 0.262 e. The van der Waals surface area contributed by atoms with Crippen LogP contribution in [0.2, 0.25) is 5.02 Å². The first kappa shape index (κ1) is 22.7. The Hall–Kier alpha value is -3.51. The Balaban J connectivity index is 1.48. The van der Waals surface area contributed by atoms with Crippen LogP contribution in [-0.4, -0.2) is 24.6 Å². The van der Waals surface area contributed by atoms with E-state index < -0.39 is 0 Å². The number of carbonyl (C=O) groups excluding carboxylic acids is 1. The first-order chi connectivity index (χ1) is 16.0. The van der Waals surface area contributed by atoms with Gasteiger partial charge >= 0.3 is 0 Å². The van der Waals surface area contributed by atoms with Crippen LogP contribution in [0.15, 0.2) is 65.1 Å². The summed E-state index contributed by atoms with van der Waals surface area (Å²) in [5.41, 5.74) is 3.92. The Kier molecular flexibility index (Phi) is 6.84. The lowest BCUT2D eigenvalue weighted by Crippen LogP contribution is -2.20. The summed E-state index contributed by atoms with van der Waals surface area (Å²) in [7, 11) is 1.59. The molecule has 4 rings (SSSR count). The Morgan fingerprint density at radius 3 is 2.58 bits per heavy atom. The fourth-order valence-electron chi connectivity index (χ4n) is 3.37. The fourth-order valence-corrected chi connectivity index (χ4v) is 3.54. The van der Waals surface area contributed by atoms with Crippen LogP contribution in [0.5, 0.6) is 11.5 Å². The van der Waals surface area contributed by atoms with Gasteiger partial charge in [-0.2, -0.15) is 0 Å². The normalized spacial score (nSPS) is 11.9. The van der Waals surface area contributed by atoms with Crippen LogP contribution in [-0.2, 0) is 4.79 Å². The number of methoxy groups -OCH3 is 1. The first-order valence-electron chi connectivity index (χ1n) is 10.7. The molecule has 170 valence electrons. The molecule has 0 unspecified atom stereocenters. The molecule has 0 radical (unpaired) electrons. The number of halogens is 1. The predicted molar refractivity (Wildman–Crippen MR) is 130 cm³/mol. The molecule has 1 atom stereocenters. The molecule has 1 heterocycles. The summed E-state index contributed by atoms with van der Waals surface area (Å²) >= 11 is 6.31. The summed E-state index contributed by atoms with van der Waals surface area (Å²) in [6, 6.07) is 18.3. The van der Waals surface area contributed by atoms with Gasteiger partial charge in [-0.25, -0.2) is 4.98 Å². The van der Waals surface area contributed by atoms with Crippen LogP contribution in [0.4, 0.5) is 5.69 Å². The van der Waals surface area contributed by atoms with E-state index in [4.69, 9.17) is 25.5 Å². The van der Waals surface area contributed by atoms with Gasteiger partial charge in [0.25, 0.3) is 5.91 Å². The van der Waals surface area contributed by atoms with Gasteiger partial charge in [-0.3, -0.25) is 4.79 Å². The zero-order valence-electron chi connectivity index (χ0n) is 18.7. The standard InChI is InChI=1S/C26H25ClN2O4/c1-4-16(2)17-6-12-24-23(13-17)29-26(33-24)18-5-11-21(27)22(14-18)28-25(30)15-32-20-9-7-19(31-3)8-10-20/h5-14,16H,4,15H2,1-3H3,(H,28,30)/t16-/m0/s1. The second-order valence-electron chi connectivity index (χ2n) is 7.76. The van der Waals surface area contributed by atoms with Gasteiger partial charge < -0.3 is 19.2 Å². The van der Waals surface area contributed by atoms with Crippen molar-refractivity contribution in [1.29, 1.82) is 0 Å². The Labute approximate surface area is 197 Å². The van der Waals surface area contributed by atoms with Crippen molar-refractivity contribution in [3.05, 3.63) is 71.2 Å². The molecule has 3 aromatic carbocycles. The second kappa shape index (κ2) is 9.96. The molecule has 0 bridgehead atoms. The van der Waals surface area contributed by atoms with Gasteiger partial charge in [0, 0.05) is 5.56 Å². The number of anilines is 1. The lowest BCUT2D eigenvalue weighted by molar-refractivity contribution is -0.118. The summed E-state index contributed by atoms with van der Waals surface area (Å²) in [5.74, 6) is 1.86. The number of aromatic nitrogens is 1. The van der Waals surface area contributed by atoms with E-state index in [2.05, 4.69) is 36.3 Å². The highest BCUT2D eigenvalue weighted by Crippen LogP contribution is 2.32. The maximum absolute atomic E-state index is 12.4. The van der Waals surface area contributed by atoms with Crippen molar-refractivity contribution in [3.63, 3.8) is 0 Å². The summed E-state index contributed by atoms with van der Waals surface area (Å²) in [6.07, 6.45) is 1.05. The highest BCUT2D eigenvalue weighted by Gasteiger charge is 2.14. The Bertz CT molecular complexity index is 1270. The van der Waals surface area contributed by atoms with Crippen molar-refractivity contribution in [1.82, 2.24) is 4.98 Å². The minimum Gasteiger partial charge on any atom is -0.497 e. The van der Waals surface area contributed by atoms with Gasteiger partial charge in [-0.1, -0.05) is 31.5 Å². The van der Waals surface area contributed by atoms with E-state index in [1.54, 1.807) is 43.5 Å².